The van der Waals surface area contributed by atoms with Gasteiger partial charge in [0.2, 0.25) is 0 Å². The Labute approximate surface area is 122 Å². The molecule has 0 bridgehead atoms. The van der Waals surface area contributed by atoms with E-state index in [1.807, 2.05) is 0 Å². The van der Waals surface area contributed by atoms with Gasteiger partial charge in [0.05, 0.1) is 5.52 Å². The molecule has 0 amide bonds. The molecule has 2 rings (SSSR count). The lowest BCUT2D eigenvalue weighted by molar-refractivity contribution is 0.0529. The summed E-state index contributed by atoms with van der Waals surface area (Å²) in [5, 5.41) is 0.0261. The summed E-state index contributed by atoms with van der Waals surface area (Å²) < 4.78 is 43.7. The number of carbonyl (C=O) groups excluding carboxylic acids is 1. The molecular weight excluding hydrogens is 297 g/mol. The summed E-state index contributed by atoms with van der Waals surface area (Å²) in [6, 6.07) is 5.41. The highest BCUT2D eigenvalue weighted by molar-refractivity contribution is 7.90. The number of sulfone groups is 1. The van der Waals surface area contributed by atoms with Gasteiger partial charge in [-0.25, -0.2) is 22.2 Å². The lowest BCUT2D eigenvalue weighted by Crippen LogP contribution is -2.28. The second-order valence-electron chi connectivity index (χ2n) is 5.75. The Hall–Kier alpha value is -1.89. The summed E-state index contributed by atoms with van der Waals surface area (Å²) in [5.74, 6) is -0.687. The van der Waals surface area contributed by atoms with Gasteiger partial charge in [0.25, 0.3) is 0 Å². The number of halogens is 1. The molecule has 2 aromatic rings. The van der Waals surface area contributed by atoms with Gasteiger partial charge >= 0.3 is 6.09 Å². The number of carbonyl (C=O) groups is 1. The summed E-state index contributed by atoms with van der Waals surface area (Å²) in [6.07, 6.45) is 0.0306. The fraction of sp³-hybridized carbons (Fsp3) is 0.357. The maximum atomic E-state index is 14.0. The minimum absolute atomic E-state index is 0.104. The fourth-order valence-electron chi connectivity index (χ4n) is 1.95. The van der Waals surface area contributed by atoms with Gasteiger partial charge in [-0.15, -0.1) is 0 Å². The van der Waals surface area contributed by atoms with E-state index in [0.29, 0.717) is 5.39 Å². The first-order chi connectivity index (χ1) is 9.50. The second-order valence-corrected chi connectivity index (χ2v) is 7.71. The van der Waals surface area contributed by atoms with Gasteiger partial charge in [-0.2, -0.15) is 0 Å². The zero-order chi connectivity index (χ0) is 16.0. The Morgan fingerprint density at radius 1 is 1.29 bits per heavy atom. The molecular formula is C14H16FNO4S. The highest BCUT2D eigenvalue weighted by Crippen LogP contribution is 2.26. The van der Waals surface area contributed by atoms with E-state index >= 15 is 0 Å². The van der Waals surface area contributed by atoms with Crippen LogP contribution in [-0.2, 0) is 14.6 Å². The molecule has 0 radical (unpaired) electrons. The highest BCUT2D eigenvalue weighted by Gasteiger charge is 2.27. The van der Waals surface area contributed by atoms with E-state index < -0.39 is 27.3 Å². The molecule has 1 aromatic heterocycles. The third-order valence-corrected chi connectivity index (χ3v) is 3.76. The number of ether oxygens (including phenoxy) is 1. The van der Waals surface area contributed by atoms with Gasteiger partial charge in [0.15, 0.2) is 9.84 Å². The van der Waals surface area contributed by atoms with E-state index in [4.69, 9.17) is 4.74 Å². The van der Waals surface area contributed by atoms with Crippen LogP contribution in [0.5, 0.6) is 0 Å². The average molecular weight is 313 g/mol. The SMILES string of the molecule is CC(C)(C)OC(=O)n1c(S(C)(=O)=O)cc2cccc(F)c21. The number of benzene rings is 1. The van der Waals surface area contributed by atoms with Crippen LogP contribution in [-0.4, -0.2) is 30.9 Å². The minimum Gasteiger partial charge on any atom is -0.443 e. The maximum Gasteiger partial charge on any atom is 0.420 e. The molecule has 0 atom stereocenters. The lowest BCUT2D eigenvalue weighted by atomic mass is 10.2. The van der Waals surface area contributed by atoms with E-state index in [1.165, 1.54) is 18.2 Å². The van der Waals surface area contributed by atoms with E-state index in [9.17, 15) is 17.6 Å². The number of nitrogens with zero attached hydrogens (tertiary/aromatic N) is 1. The predicted molar refractivity (Wildman–Crippen MR) is 76.6 cm³/mol. The van der Waals surface area contributed by atoms with Crippen LogP contribution in [0.4, 0.5) is 9.18 Å². The molecule has 0 unspecified atom stereocenters. The van der Waals surface area contributed by atoms with Crippen LogP contribution in [0.15, 0.2) is 29.3 Å². The van der Waals surface area contributed by atoms with E-state index in [1.54, 1.807) is 20.8 Å². The highest BCUT2D eigenvalue weighted by atomic mass is 32.2. The molecule has 0 saturated carbocycles. The first-order valence-corrected chi connectivity index (χ1v) is 8.13. The molecule has 114 valence electrons. The summed E-state index contributed by atoms with van der Waals surface area (Å²) in [4.78, 5) is 12.3. The second kappa shape index (κ2) is 4.84. The van der Waals surface area contributed by atoms with Crippen molar-refractivity contribution >= 4 is 26.8 Å². The lowest BCUT2D eigenvalue weighted by Gasteiger charge is -2.20. The van der Waals surface area contributed by atoms with Crippen LogP contribution in [0, 0.1) is 5.82 Å². The van der Waals surface area contributed by atoms with Gasteiger partial charge in [0, 0.05) is 11.6 Å². The van der Waals surface area contributed by atoms with Gasteiger partial charge in [-0.1, -0.05) is 12.1 Å². The molecule has 7 heteroatoms. The van der Waals surface area contributed by atoms with Gasteiger partial charge < -0.3 is 4.74 Å². The molecule has 0 spiro atoms. The molecule has 21 heavy (non-hydrogen) atoms. The van der Waals surface area contributed by atoms with Crippen molar-refractivity contribution in [3.8, 4) is 0 Å². The van der Waals surface area contributed by atoms with Crippen molar-refractivity contribution in [1.82, 2.24) is 4.57 Å². The summed E-state index contributed by atoms with van der Waals surface area (Å²) in [7, 11) is -3.72. The zero-order valence-corrected chi connectivity index (χ0v) is 13.0. The summed E-state index contributed by atoms with van der Waals surface area (Å²) in [6.45, 7) is 4.94. The van der Waals surface area contributed by atoms with Crippen molar-refractivity contribution in [2.45, 2.75) is 31.4 Å². The third-order valence-electron chi connectivity index (χ3n) is 2.70. The molecule has 0 fully saturated rings. The minimum atomic E-state index is -3.72. The molecule has 0 aliphatic rings. The Balaban J connectivity index is 2.78. The van der Waals surface area contributed by atoms with Crippen molar-refractivity contribution in [2.24, 2.45) is 0 Å². The Morgan fingerprint density at radius 2 is 1.90 bits per heavy atom. The third kappa shape index (κ3) is 3.07. The van der Waals surface area contributed by atoms with Crippen LogP contribution >= 0.6 is 0 Å². The Kier molecular flexibility index (Phi) is 3.57. The first-order valence-electron chi connectivity index (χ1n) is 6.24. The summed E-state index contributed by atoms with van der Waals surface area (Å²) in [5.41, 5.74) is -0.930. The monoisotopic (exact) mass is 313 g/mol. The quantitative estimate of drug-likeness (QED) is 0.812. The van der Waals surface area contributed by atoms with Crippen molar-refractivity contribution in [3.05, 3.63) is 30.1 Å². The molecule has 0 N–H and O–H groups in total. The molecule has 1 aromatic carbocycles. The number of aromatic nitrogens is 1. The van der Waals surface area contributed by atoms with Crippen molar-refractivity contribution < 1.29 is 22.3 Å². The smallest absolute Gasteiger partial charge is 0.420 e. The van der Waals surface area contributed by atoms with E-state index in [0.717, 1.165) is 16.9 Å². The van der Waals surface area contributed by atoms with E-state index in [2.05, 4.69) is 0 Å². The normalized spacial score (nSPS) is 12.6. The fourth-order valence-corrected chi connectivity index (χ4v) is 2.79. The molecule has 1 heterocycles. The topological polar surface area (TPSA) is 65.4 Å². The van der Waals surface area contributed by atoms with Crippen LogP contribution < -0.4 is 0 Å². The largest absolute Gasteiger partial charge is 0.443 e. The Bertz CT molecular complexity index is 815. The van der Waals surface area contributed by atoms with Crippen LogP contribution in [0.2, 0.25) is 0 Å². The van der Waals surface area contributed by atoms with Gasteiger partial charge in [-0.05, 0) is 32.9 Å². The maximum absolute atomic E-state index is 14.0. The van der Waals surface area contributed by atoms with Gasteiger partial charge in [0.1, 0.15) is 16.4 Å². The first kappa shape index (κ1) is 15.5. The number of hydrogen-bond acceptors (Lipinski definition) is 4. The predicted octanol–water partition coefficient (Wildman–Crippen LogP) is 2.97. The Morgan fingerprint density at radius 3 is 2.43 bits per heavy atom. The van der Waals surface area contributed by atoms with Crippen molar-refractivity contribution in [1.29, 1.82) is 0 Å². The average Bonchev–Trinajstić information content (AvgIpc) is 2.67. The standard InChI is InChI=1S/C14H16FNO4S/c1-14(2,3)20-13(17)16-11(21(4,18)19)8-9-6-5-7-10(15)12(9)16/h5-8H,1-4H3. The number of rotatable bonds is 1. The summed E-state index contributed by atoms with van der Waals surface area (Å²) >= 11 is 0. The van der Waals surface area contributed by atoms with Crippen molar-refractivity contribution in [2.75, 3.05) is 6.26 Å². The van der Waals surface area contributed by atoms with Crippen LogP contribution in [0.1, 0.15) is 20.8 Å². The molecule has 5 nitrogen and oxygen atoms in total. The van der Waals surface area contributed by atoms with Crippen LogP contribution in [0.25, 0.3) is 10.9 Å². The van der Waals surface area contributed by atoms with Gasteiger partial charge in [-0.3, -0.25) is 0 Å². The van der Waals surface area contributed by atoms with Crippen LogP contribution in [0.3, 0.4) is 0 Å². The number of para-hydroxylation sites is 1. The van der Waals surface area contributed by atoms with Crippen molar-refractivity contribution in [3.63, 3.8) is 0 Å². The molecule has 0 saturated heterocycles. The number of hydrogen-bond donors (Lipinski definition) is 0. The van der Waals surface area contributed by atoms with E-state index in [-0.39, 0.29) is 10.5 Å². The molecule has 0 aliphatic heterocycles. The molecule has 0 aliphatic carbocycles. The zero-order valence-electron chi connectivity index (χ0n) is 12.2. The number of fused-ring (bicyclic) bond motifs is 1.